The van der Waals surface area contributed by atoms with E-state index < -0.39 is 5.41 Å². The Morgan fingerprint density at radius 2 is 1.71 bits per heavy atom. The minimum atomic E-state index is -0.427. The van der Waals surface area contributed by atoms with Crippen molar-refractivity contribution in [3.8, 4) is 28.4 Å². The fraction of sp³-hybridized carbons (Fsp3) is 0.269. The molecule has 0 radical (unpaired) electrons. The molecule has 0 aromatic heterocycles. The normalized spacial score (nSPS) is 15.5. The van der Waals surface area contributed by atoms with Crippen LogP contribution in [0.5, 0.6) is 17.2 Å². The summed E-state index contributed by atoms with van der Waals surface area (Å²) in [6, 6.07) is 19.4. The Kier molecular flexibility index (Phi) is 4.91. The molecule has 0 amide bonds. The average molecular weight is 416 g/mol. The van der Waals surface area contributed by atoms with Crippen LogP contribution in [0.25, 0.3) is 11.1 Å². The SMILES string of the molecule is COc1ccc(CC(=O)C2(c3ccc4c(c3)OCO4)CC2)cc1-c1ccc(CO)cc1. The van der Waals surface area contributed by atoms with E-state index in [0.717, 1.165) is 57.9 Å². The summed E-state index contributed by atoms with van der Waals surface area (Å²) in [7, 11) is 1.64. The number of carbonyl (C=O) groups excluding carboxylic acids is 1. The first kappa shape index (κ1) is 19.6. The zero-order valence-corrected chi connectivity index (χ0v) is 17.4. The molecule has 1 aliphatic carbocycles. The highest BCUT2D eigenvalue weighted by atomic mass is 16.7. The van der Waals surface area contributed by atoms with Crippen molar-refractivity contribution < 1.29 is 24.1 Å². The molecule has 1 N–H and O–H groups in total. The van der Waals surface area contributed by atoms with Gasteiger partial charge in [0.15, 0.2) is 11.5 Å². The Bertz CT molecular complexity index is 1130. The minimum Gasteiger partial charge on any atom is -0.496 e. The Labute approximate surface area is 181 Å². The predicted molar refractivity (Wildman–Crippen MR) is 117 cm³/mol. The lowest BCUT2D eigenvalue weighted by atomic mass is 9.87. The molecule has 158 valence electrons. The van der Waals surface area contributed by atoms with Crippen LogP contribution in [0.4, 0.5) is 0 Å². The summed E-state index contributed by atoms with van der Waals surface area (Å²) in [5.41, 5.74) is 4.32. The summed E-state index contributed by atoms with van der Waals surface area (Å²) < 4.78 is 16.5. The zero-order chi connectivity index (χ0) is 21.4. The number of methoxy groups -OCH3 is 1. The molecule has 1 fully saturated rings. The molecular weight excluding hydrogens is 392 g/mol. The number of carbonyl (C=O) groups is 1. The van der Waals surface area contributed by atoms with Gasteiger partial charge < -0.3 is 19.3 Å². The number of rotatable bonds is 7. The zero-order valence-electron chi connectivity index (χ0n) is 17.4. The van der Waals surface area contributed by atoms with Crippen LogP contribution in [0.1, 0.15) is 29.5 Å². The van der Waals surface area contributed by atoms with Gasteiger partial charge in [0.25, 0.3) is 0 Å². The molecule has 5 heteroatoms. The van der Waals surface area contributed by atoms with Crippen LogP contribution in [-0.4, -0.2) is 24.8 Å². The molecule has 5 nitrogen and oxygen atoms in total. The van der Waals surface area contributed by atoms with Crippen molar-refractivity contribution in [1.82, 2.24) is 0 Å². The number of hydrogen-bond donors (Lipinski definition) is 1. The van der Waals surface area contributed by atoms with Crippen LogP contribution in [0, 0.1) is 0 Å². The lowest BCUT2D eigenvalue weighted by Crippen LogP contribution is -2.22. The van der Waals surface area contributed by atoms with Crippen molar-refractivity contribution in [1.29, 1.82) is 0 Å². The molecule has 1 heterocycles. The van der Waals surface area contributed by atoms with Crippen LogP contribution in [0.15, 0.2) is 60.7 Å². The predicted octanol–water partition coefficient (Wildman–Crippen LogP) is 4.43. The number of ketones is 1. The maximum atomic E-state index is 13.4. The van der Waals surface area contributed by atoms with Gasteiger partial charge in [0.05, 0.1) is 19.1 Å². The van der Waals surface area contributed by atoms with Crippen LogP contribution in [-0.2, 0) is 23.2 Å². The van der Waals surface area contributed by atoms with Crippen molar-refractivity contribution in [2.45, 2.75) is 31.3 Å². The second-order valence-corrected chi connectivity index (χ2v) is 8.14. The van der Waals surface area contributed by atoms with E-state index in [9.17, 15) is 9.90 Å². The Morgan fingerprint density at radius 1 is 0.968 bits per heavy atom. The van der Waals surface area contributed by atoms with Gasteiger partial charge in [-0.25, -0.2) is 0 Å². The van der Waals surface area contributed by atoms with Crippen LogP contribution >= 0.6 is 0 Å². The summed E-state index contributed by atoms with van der Waals surface area (Å²) in [5.74, 6) is 2.43. The van der Waals surface area contributed by atoms with Crippen LogP contribution in [0.3, 0.4) is 0 Å². The highest BCUT2D eigenvalue weighted by Crippen LogP contribution is 2.51. The van der Waals surface area contributed by atoms with E-state index in [2.05, 4.69) is 0 Å². The Balaban J connectivity index is 1.41. The molecule has 0 saturated heterocycles. The molecule has 2 aliphatic rings. The molecule has 0 atom stereocenters. The third-order valence-electron chi connectivity index (χ3n) is 6.28. The molecule has 5 rings (SSSR count). The van der Waals surface area contributed by atoms with Crippen molar-refractivity contribution in [2.75, 3.05) is 13.9 Å². The second kappa shape index (κ2) is 7.75. The average Bonchev–Trinajstić information content (AvgIpc) is 3.50. The maximum Gasteiger partial charge on any atom is 0.231 e. The third kappa shape index (κ3) is 3.55. The highest BCUT2D eigenvalue weighted by molar-refractivity contribution is 5.95. The number of hydrogen-bond acceptors (Lipinski definition) is 5. The summed E-state index contributed by atoms with van der Waals surface area (Å²) in [5, 5.41) is 9.29. The number of fused-ring (bicyclic) bond motifs is 1. The summed E-state index contributed by atoms with van der Waals surface area (Å²) >= 11 is 0. The van der Waals surface area contributed by atoms with Gasteiger partial charge in [0.1, 0.15) is 11.5 Å². The number of Topliss-reactive ketones (excluding diaryl/α,β-unsaturated/α-hetero) is 1. The quantitative estimate of drug-likeness (QED) is 0.617. The van der Waals surface area contributed by atoms with Gasteiger partial charge >= 0.3 is 0 Å². The molecule has 0 bridgehead atoms. The maximum absolute atomic E-state index is 13.4. The molecular formula is C26H24O5. The number of aliphatic hydroxyl groups is 1. The van der Waals surface area contributed by atoms with Gasteiger partial charge in [0.2, 0.25) is 6.79 Å². The van der Waals surface area contributed by atoms with E-state index in [0.29, 0.717) is 6.42 Å². The molecule has 3 aromatic rings. The van der Waals surface area contributed by atoms with Gasteiger partial charge in [-0.2, -0.15) is 0 Å². The van der Waals surface area contributed by atoms with E-state index in [1.807, 2.05) is 60.7 Å². The molecule has 3 aromatic carbocycles. The van der Waals surface area contributed by atoms with Crippen molar-refractivity contribution in [3.05, 3.63) is 77.4 Å². The first-order chi connectivity index (χ1) is 15.1. The van der Waals surface area contributed by atoms with E-state index in [-0.39, 0.29) is 19.2 Å². The van der Waals surface area contributed by atoms with Gasteiger partial charge in [0, 0.05) is 12.0 Å². The van der Waals surface area contributed by atoms with E-state index in [1.54, 1.807) is 7.11 Å². The fourth-order valence-electron chi connectivity index (χ4n) is 4.28. The van der Waals surface area contributed by atoms with Gasteiger partial charge in [-0.1, -0.05) is 36.4 Å². The van der Waals surface area contributed by atoms with E-state index >= 15 is 0 Å². The van der Waals surface area contributed by atoms with Gasteiger partial charge in [-0.3, -0.25) is 4.79 Å². The lowest BCUT2D eigenvalue weighted by Gasteiger charge is -2.16. The molecule has 1 saturated carbocycles. The standard InChI is InChI=1S/C26H24O5/c1-29-22-8-4-18(12-21(22)19-5-2-17(15-27)3-6-19)13-25(28)26(10-11-26)20-7-9-23-24(14-20)31-16-30-23/h2-9,12,14,27H,10-11,13,15-16H2,1H3. The Morgan fingerprint density at radius 3 is 2.42 bits per heavy atom. The van der Waals surface area contributed by atoms with Gasteiger partial charge in [-0.15, -0.1) is 0 Å². The number of aliphatic hydroxyl groups excluding tert-OH is 1. The fourth-order valence-corrected chi connectivity index (χ4v) is 4.28. The topological polar surface area (TPSA) is 65.0 Å². The third-order valence-corrected chi connectivity index (χ3v) is 6.28. The second-order valence-electron chi connectivity index (χ2n) is 8.14. The van der Waals surface area contributed by atoms with E-state index in [1.165, 1.54) is 0 Å². The van der Waals surface area contributed by atoms with Crippen molar-refractivity contribution >= 4 is 5.78 Å². The van der Waals surface area contributed by atoms with Gasteiger partial charge in [-0.05, 0) is 59.4 Å². The lowest BCUT2D eigenvalue weighted by molar-refractivity contribution is -0.120. The monoisotopic (exact) mass is 416 g/mol. The molecule has 0 unspecified atom stereocenters. The summed E-state index contributed by atoms with van der Waals surface area (Å²) in [6.45, 7) is 0.238. The number of benzene rings is 3. The Hall–Kier alpha value is -3.31. The first-order valence-electron chi connectivity index (χ1n) is 10.4. The molecule has 31 heavy (non-hydrogen) atoms. The highest BCUT2D eigenvalue weighted by Gasteiger charge is 2.50. The minimum absolute atomic E-state index is 0.00783. The summed E-state index contributed by atoms with van der Waals surface area (Å²) in [6.07, 6.45) is 2.08. The molecule has 1 aliphatic heterocycles. The van der Waals surface area contributed by atoms with E-state index in [4.69, 9.17) is 14.2 Å². The smallest absolute Gasteiger partial charge is 0.231 e. The van der Waals surface area contributed by atoms with Crippen molar-refractivity contribution in [2.24, 2.45) is 0 Å². The number of ether oxygens (including phenoxy) is 3. The van der Waals surface area contributed by atoms with Crippen LogP contribution in [0.2, 0.25) is 0 Å². The summed E-state index contributed by atoms with van der Waals surface area (Å²) in [4.78, 5) is 13.4. The van der Waals surface area contributed by atoms with Crippen molar-refractivity contribution in [3.63, 3.8) is 0 Å². The largest absolute Gasteiger partial charge is 0.496 e. The first-order valence-corrected chi connectivity index (χ1v) is 10.4. The van der Waals surface area contributed by atoms with Crippen LogP contribution < -0.4 is 14.2 Å². The molecule has 0 spiro atoms.